The lowest BCUT2D eigenvalue weighted by molar-refractivity contribution is -0.161. The van der Waals surface area contributed by atoms with Gasteiger partial charge in [0.1, 0.15) is 19.3 Å². The van der Waals surface area contributed by atoms with Crippen LogP contribution in [0.1, 0.15) is 441 Å². The topological polar surface area (TPSA) is 237 Å². The number of unbranched alkanes of at least 4 members (excludes halogenated alkanes) is 47. The Morgan fingerprint density at radius 3 is 0.683 bits per heavy atom. The fourth-order valence-corrected chi connectivity index (χ4v) is 14.7. The molecule has 0 aromatic heterocycles. The summed E-state index contributed by atoms with van der Waals surface area (Å²) in [6.07, 6.45) is 62.5. The van der Waals surface area contributed by atoms with Gasteiger partial charge in [-0.2, -0.15) is 0 Å². The highest BCUT2D eigenvalue weighted by molar-refractivity contribution is 7.47. The number of ether oxygens (including phenoxy) is 4. The maximum Gasteiger partial charge on any atom is 0.472 e. The number of hydrogen-bond donors (Lipinski definition) is 3. The molecule has 19 heteroatoms. The van der Waals surface area contributed by atoms with Crippen molar-refractivity contribution >= 4 is 39.5 Å². The minimum Gasteiger partial charge on any atom is -0.462 e. The number of esters is 4. The van der Waals surface area contributed by atoms with Gasteiger partial charge in [0.2, 0.25) is 0 Å². The summed E-state index contributed by atoms with van der Waals surface area (Å²) in [5, 5.41) is 10.7. The quantitative estimate of drug-likeness (QED) is 0.0222. The minimum absolute atomic E-state index is 0.106. The lowest BCUT2D eigenvalue weighted by Gasteiger charge is -2.21. The van der Waals surface area contributed by atoms with E-state index in [-0.39, 0.29) is 25.7 Å². The van der Waals surface area contributed by atoms with Gasteiger partial charge in [-0.15, -0.1) is 0 Å². The van der Waals surface area contributed by atoms with E-state index >= 15 is 0 Å². The molecule has 0 aromatic carbocycles. The minimum atomic E-state index is -4.97. The second kappa shape index (κ2) is 73.8. The van der Waals surface area contributed by atoms with Crippen molar-refractivity contribution < 1.29 is 80.2 Å². The number of phosphoric acid groups is 2. The predicted octanol–water partition coefficient (Wildman–Crippen LogP) is 25.6. The molecule has 0 saturated carbocycles. The Morgan fingerprint density at radius 1 is 0.269 bits per heavy atom. The van der Waals surface area contributed by atoms with Crippen LogP contribution in [0.15, 0.2) is 0 Å². The summed E-state index contributed by atoms with van der Waals surface area (Å²) in [5.41, 5.74) is 0. The first kappa shape index (κ1) is 102. The average Bonchev–Trinajstić information content (AvgIpc) is 0.906. The van der Waals surface area contributed by atoms with E-state index in [2.05, 4.69) is 55.4 Å². The maximum absolute atomic E-state index is 13.1. The SMILES string of the molecule is CCC(C)CCCCCCCCCCCCC(=O)O[C@H](COC(=O)CCCCCCCCCCC(C)C)COP(=O)(O)OC[C@H](O)COP(=O)(O)OC[C@@H](COC(=O)CCCCCCCCCCCCCCCCCC(C)C)OC(=O)CCCCCCCCCCCCCCCCCCCCC(C)C. The Hall–Kier alpha value is -1.94. The number of carbonyl (C=O) groups excluding carboxylic acids is 4. The van der Waals surface area contributed by atoms with E-state index in [4.69, 9.17) is 37.0 Å². The van der Waals surface area contributed by atoms with E-state index in [9.17, 15) is 43.2 Å². The van der Waals surface area contributed by atoms with Gasteiger partial charge in [-0.25, -0.2) is 9.13 Å². The number of rotatable bonds is 82. The highest BCUT2D eigenvalue weighted by Gasteiger charge is 2.30. The summed E-state index contributed by atoms with van der Waals surface area (Å²) < 4.78 is 68.9. The highest BCUT2D eigenvalue weighted by Crippen LogP contribution is 2.45. The lowest BCUT2D eigenvalue weighted by atomic mass is 9.99. The Morgan fingerprint density at radius 2 is 0.462 bits per heavy atom. The molecule has 0 aliphatic rings. The third kappa shape index (κ3) is 76.8. The molecule has 618 valence electrons. The first-order valence-corrected chi connectivity index (χ1v) is 46.7. The molecule has 3 N–H and O–H groups in total. The standard InChI is InChI=1S/C85H166O17P2/c1-9-78(8)64-56-48-40-31-27-28-34-44-52-60-68-85(90)102-81(72-96-83(88)66-58-50-42-36-35-39-47-55-63-77(6)7)74-100-104(93,94)98-70-79(86)69-97-103(91,92)99-73-80(71-95-82(87)65-57-49-41-32-25-21-18-14-16-20-24-30-38-46-54-62-76(4)5)101-84(89)67-59-51-43-33-26-22-17-13-11-10-12-15-19-23-29-37-45-53-61-75(2)3/h75-81,86H,9-74H2,1-8H3,(H,91,92)(H,93,94)/t78?,79-,80-,81-/m1/s1. The Kier molecular flexibility index (Phi) is 72.5. The maximum atomic E-state index is 13.1. The molecule has 0 amide bonds. The van der Waals surface area contributed by atoms with E-state index < -0.39 is 97.5 Å². The van der Waals surface area contributed by atoms with Crippen molar-refractivity contribution in [2.24, 2.45) is 23.7 Å². The average molecular weight is 1520 g/mol. The van der Waals surface area contributed by atoms with Crippen LogP contribution >= 0.6 is 15.6 Å². The van der Waals surface area contributed by atoms with E-state index in [1.165, 1.54) is 244 Å². The summed E-state index contributed by atoms with van der Waals surface area (Å²) >= 11 is 0. The summed E-state index contributed by atoms with van der Waals surface area (Å²) in [6, 6.07) is 0. The zero-order valence-electron chi connectivity index (χ0n) is 68.7. The predicted molar refractivity (Wildman–Crippen MR) is 428 cm³/mol. The molecule has 17 nitrogen and oxygen atoms in total. The Bertz CT molecular complexity index is 2030. The van der Waals surface area contributed by atoms with Crippen LogP contribution < -0.4 is 0 Å². The van der Waals surface area contributed by atoms with Gasteiger partial charge >= 0.3 is 39.5 Å². The second-order valence-electron chi connectivity index (χ2n) is 32.2. The number of aliphatic hydroxyl groups excluding tert-OH is 1. The first-order valence-electron chi connectivity index (χ1n) is 43.7. The van der Waals surface area contributed by atoms with Gasteiger partial charge in [-0.1, -0.05) is 389 Å². The summed E-state index contributed by atoms with van der Waals surface area (Å²) in [6.45, 7) is 14.3. The number of aliphatic hydroxyl groups is 1. The van der Waals surface area contributed by atoms with Gasteiger partial charge in [0.05, 0.1) is 26.4 Å². The van der Waals surface area contributed by atoms with Gasteiger partial charge < -0.3 is 33.8 Å². The van der Waals surface area contributed by atoms with E-state index in [0.29, 0.717) is 25.7 Å². The molecule has 3 unspecified atom stereocenters. The number of hydrogen-bond acceptors (Lipinski definition) is 15. The molecular formula is C85H166O17P2. The molecule has 0 aliphatic heterocycles. The van der Waals surface area contributed by atoms with Gasteiger partial charge in [-0.05, 0) is 49.4 Å². The van der Waals surface area contributed by atoms with Gasteiger partial charge in [0.15, 0.2) is 12.2 Å². The molecule has 0 fully saturated rings. The summed E-state index contributed by atoms with van der Waals surface area (Å²) in [5.74, 6) is 1.05. The third-order valence-corrected chi connectivity index (χ3v) is 22.1. The molecule has 0 spiro atoms. The van der Waals surface area contributed by atoms with Crippen LogP contribution in [0.3, 0.4) is 0 Å². The van der Waals surface area contributed by atoms with Crippen LogP contribution in [0.2, 0.25) is 0 Å². The van der Waals surface area contributed by atoms with Gasteiger partial charge in [-0.3, -0.25) is 37.3 Å². The smallest absolute Gasteiger partial charge is 0.462 e. The van der Waals surface area contributed by atoms with Crippen molar-refractivity contribution in [2.45, 2.75) is 459 Å². The van der Waals surface area contributed by atoms with Crippen LogP contribution in [-0.4, -0.2) is 96.7 Å². The van der Waals surface area contributed by atoms with Crippen LogP contribution in [-0.2, 0) is 65.4 Å². The fraction of sp³-hybridized carbons (Fsp3) is 0.953. The Balaban J connectivity index is 5.24. The molecule has 0 rings (SSSR count). The van der Waals surface area contributed by atoms with Gasteiger partial charge in [0.25, 0.3) is 0 Å². The molecule has 0 heterocycles. The van der Waals surface area contributed by atoms with Crippen molar-refractivity contribution in [1.82, 2.24) is 0 Å². The van der Waals surface area contributed by atoms with E-state index in [1.54, 1.807) is 0 Å². The van der Waals surface area contributed by atoms with Gasteiger partial charge in [0, 0.05) is 25.7 Å². The number of carbonyl (C=O) groups is 4. The molecule has 0 saturated heterocycles. The van der Waals surface area contributed by atoms with E-state index in [1.807, 2.05) is 0 Å². The molecular weight excluding hydrogens is 1350 g/mol. The van der Waals surface area contributed by atoms with E-state index in [0.717, 1.165) is 114 Å². The van der Waals surface area contributed by atoms with Crippen LogP contribution in [0.25, 0.3) is 0 Å². The monoisotopic (exact) mass is 1520 g/mol. The molecule has 0 aliphatic carbocycles. The second-order valence-corrected chi connectivity index (χ2v) is 35.2. The summed E-state index contributed by atoms with van der Waals surface area (Å²) in [4.78, 5) is 73.2. The fourth-order valence-electron chi connectivity index (χ4n) is 13.1. The first-order chi connectivity index (χ1) is 50.1. The van der Waals surface area contributed by atoms with Crippen LogP contribution in [0.5, 0.6) is 0 Å². The van der Waals surface area contributed by atoms with Crippen LogP contribution in [0.4, 0.5) is 0 Å². The molecule has 6 atom stereocenters. The molecule has 0 radical (unpaired) electrons. The summed E-state index contributed by atoms with van der Waals surface area (Å²) in [7, 11) is -9.93. The van der Waals surface area contributed by atoms with Crippen molar-refractivity contribution in [3.05, 3.63) is 0 Å². The van der Waals surface area contributed by atoms with Crippen molar-refractivity contribution in [1.29, 1.82) is 0 Å². The molecule has 0 aromatic rings. The lowest BCUT2D eigenvalue weighted by Crippen LogP contribution is -2.30. The molecule has 104 heavy (non-hydrogen) atoms. The zero-order chi connectivity index (χ0) is 76.7. The third-order valence-electron chi connectivity index (χ3n) is 20.2. The largest absolute Gasteiger partial charge is 0.472 e. The molecule has 0 bridgehead atoms. The Labute approximate surface area is 638 Å². The normalized spacial score (nSPS) is 14.2. The van der Waals surface area contributed by atoms with Crippen molar-refractivity contribution in [2.75, 3.05) is 39.6 Å². The highest BCUT2D eigenvalue weighted by atomic mass is 31.2. The number of phosphoric ester groups is 2. The van der Waals surface area contributed by atoms with Crippen molar-refractivity contribution in [3.63, 3.8) is 0 Å². The van der Waals surface area contributed by atoms with Crippen LogP contribution in [0, 0.1) is 23.7 Å². The zero-order valence-corrected chi connectivity index (χ0v) is 70.5. The van der Waals surface area contributed by atoms with Crippen molar-refractivity contribution in [3.8, 4) is 0 Å².